The van der Waals surface area contributed by atoms with Gasteiger partial charge in [0.05, 0.1) is 12.1 Å². The van der Waals surface area contributed by atoms with Crippen LogP contribution in [0.3, 0.4) is 0 Å². The molecule has 0 saturated heterocycles. The van der Waals surface area contributed by atoms with Crippen LogP contribution in [0.15, 0.2) is 42.5 Å². The first-order valence-electron chi connectivity index (χ1n) is 6.81. The molecule has 0 unspecified atom stereocenters. The fourth-order valence-electron chi connectivity index (χ4n) is 1.96. The van der Waals surface area contributed by atoms with Crippen LogP contribution >= 0.6 is 34.5 Å². The number of methoxy groups -OCH3 is 1. The summed E-state index contributed by atoms with van der Waals surface area (Å²) in [6.07, 6.45) is 0. The van der Waals surface area contributed by atoms with Gasteiger partial charge in [0.1, 0.15) is 10.8 Å². The Morgan fingerprint density at radius 1 is 1.12 bits per heavy atom. The van der Waals surface area contributed by atoms with Crippen LogP contribution in [0.1, 0.15) is 10.4 Å². The largest absolute Gasteiger partial charge is 0.495 e. The van der Waals surface area contributed by atoms with Gasteiger partial charge >= 0.3 is 0 Å². The monoisotopic (exact) mass is 379 g/mol. The highest BCUT2D eigenvalue weighted by Crippen LogP contribution is 2.28. The number of anilines is 1. The molecule has 0 saturated carbocycles. The van der Waals surface area contributed by atoms with Crippen molar-refractivity contribution >= 4 is 45.6 Å². The number of benzene rings is 2. The SMILES string of the molecule is COc1ccc(C(=O)Nc2nnc(-c3ccc(Cl)cc3)s2)cc1Cl. The molecule has 1 aromatic heterocycles. The average Bonchev–Trinajstić information content (AvgIpc) is 3.04. The van der Waals surface area contributed by atoms with Crippen molar-refractivity contribution in [1.82, 2.24) is 10.2 Å². The lowest BCUT2D eigenvalue weighted by Crippen LogP contribution is -2.11. The third-order valence-corrected chi connectivity index (χ3v) is 4.59. The van der Waals surface area contributed by atoms with Gasteiger partial charge < -0.3 is 4.74 Å². The highest BCUT2D eigenvalue weighted by atomic mass is 35.5. The minimum Gasteiger partial charge on any atom is -0.495 e. The number of hydrogen-bond donors (Lipinski definition) is 1. The maximum Gasteiger partial charge on any atom is 0.257 e. The van der Waals surface area contributed by atoms with E-state index >= 15 is 0 Å². The Labute approximate surface area is 152 Å². The molecular weight excluding hydrogens is 369 g/mol. The number of aromatic nitrogens is 2. The summed E-state index contributed by atoms with van der Waals surface area (Å²) in [6.45, 7) is 0. The molecular formula is C16H11Cl2N3O2S. The number of carbonyl (C=O) groups excluding carboxylic acids is 1. The molecule has 1 amide bonds. The second kappa shape index (κ2) is 7.17. The number of nitrogens with one attached hydrogen (secondary N) is 1. The first kappa shape index (κ1) is 16.7. The minimum absolute atomic E-state index is 0.321. The second-order valence-electron chi connectivity index (χ2n) is 4.72. The van der Waals surface area contributed by atoms with Crippen molar-refractivity contribution in [2.45, 2.75) is 0 Å². The lowest BCUT2D eigenvalue weighted by atomic mass is 10.2. The van der Waals surface area contributed by atoms with E-state index in [2.05, 4.69) is 15.5 Å². The molecule has 3 aromatic rings. The van der Waals surface area contributed by atoms with Crippen LogP contribution in [0.2, 0.25) is 10.0 Å². The van der Waals surface area contributed by atoms with Crippen LogP contribution in [0.5, 0.6) is 5.75 Å². The number of ether oxygens (including phenoxy) is 1. The zero-order valence-corrected chi connectivity index (χ0v) is 14.7. The third kappa shape index (κ3) is 3.67. The van der Waals surface area contributed by atoms with Crippen LogP contribution in [0.25, 0.3) is 10.6 Å². The molecule has 122 valence electrons. The summed E-state index contributed by atoms with van der Waals surface area (Å²) in [5, 5.41) is 12.9. The number of amides is 1. The molecule has 3 rings (SSSR count). The molecule has 8 heteroatoms. The van der Waals surface area contributed by atoms with Gasteiger partial charge in [0.25, 0.3) is 5.91 Å². The molecule has 0 bridgehead atoms. The highest BCUT2D eigenvalue weighted by molar-refractivity contribution is 7.18. The summed E-state index contributed by atoms with van der Waals surface area (Å²) in [6, 6.07) is 12.0. The normalized spacial score (nSPS) is 10.5. The van der Waals surface area contributed by atoms with Gasteiger partial charge in [-0.15, -0.1) is 10.2 Å². The number of rotatable bonds is 4. The molecule has 0 aliphatic heterocycles. The van der Waals surface area contributed by atoms with Gasteiger partial charge in [-0.2, -0.15) is 0 Å². The Kier molecular flexibility index (Phi) is 4.99. The van der Waals surface area contributed by atoms with Gasteiger partial charge in [0.2, 0.25) is 5.13 Å². The molecule has 5 nitrogen and oxygen atoms in total. The fourth-order valence-corrected chi connectivity index (χ4v) is 3.09. The van der Waals surface area contributed by atoms with Crippen molar-refractivity contribution in [3.63, 3.8) is 0 Å². The Hall–Kier alpha value is -2.15. The predicted molar refractivity (Wildman–Crippen MR) is 96.3 cm³/mol. The van der Waals surface area contributed by atoms with E-state index in [0.717, 1.165) is 5.56 Å². The molecule has 0 aliphatic carbocycles. The minimum atomic E-state index is -0.321. The molecule has 1 N–H and O–H groups in total. The van der Waals surface area contributed by atoms with Crippen LogP contribution in [-0.4, -0.2) is 23.2 Å². The molecule has 0 atom stereocenters. The van der Waals surface area contributed by atoms with Crippen LogP contribution in [0, 0.1) is 0 Å². The maximum atomic E-state index is 12.3. The Bertz CT molecular complexity index is 881. The Morgan fingerprint density at radius 3 is 2.54 bits per heavy atom. The first-order chi connectivity index (χ1) is 11.6. The lowest BCUT2D eigenvalue weighted by molar-refractivity contribution is 0.102. The molecule has 1 heterocycles. The molecule has 0 radical (unpaired) electrons. The van der Waals surface area contributed by atoms with E-state index in [0.29, 0.717) is 31.5 Å². The van der Waals surface area contributed by atoms with Gasteiger partial charge in [-0.1, -0.05) is 46.7 Å². The number of nitrogens with zero attached hydrogens (tertiary/aromatic N) is 2. The Morgan fingerprint density at radius 2 is 1.88 bits per heavy atom. The summed E-state index contributed by atoms with van der Waals surface area (Å²) in [7, 11) is 1.51. The quantitative estimate of drug-likeness (QED) is 0.708. The van der Waals surface area contributed by atoms with Gasteiger partial charge in [-0.05, 0) is 30.3 Å². The second-order valence-corrected chi connectivity index (χ2v) is 6.54. The van der Waals surface area contributed by atoms with E-state index in [-0.39, 0.29) is 5.91 Å². The van der Waals surface area contributed by atoms with E-state index < -0.39 is 0 Å². The summed E-state index contributed by atoms with van der Waals surface area (Å²) in [5.74, 6) is 0.188. The fraction of sp³-hybridized carbons (Fsp3) is 0.0625. The van der Waals surface area contributed by atoms with Gasteiger partial charge in [-0.25, -0.2) is 0 Å². The lowest BCUT2D eigenvalue weighted by Gasteiger charge is -2.05. The number of hydrogen-bond acceptors (Lipinski definition) is 5. The number of carbonyl (C=O) groups is 1. The van der Waals surface area contributed by atoms with E-state index in [1.807, 2.05) is 12.1 Å². The van der Waals surface area contributed by atoms with Crippen molar-refractivity contribution < 1.29 is 9.53 Å². The molecule has 24 heavy (non-hydrogen) atoms. The van der Waals surface area contributed by atoms with E-state index in [1.165, 1.54) is 24.5 Å². The summed E-state index contributed by atoms with van der Waals surface area (Å²) >= 11 is 13.2. The van der Waals surface area contributed by atoms with Gasteiger partial charge in [-0.3, -0.25) is 10.1 Å². The smallest absolute Gasteiger partial charge is 0.257 e. The zero-order chi connectivity index (χ0) is 17.1. The van der Waals surface area contributed by atoms with Gasteiger partial charge in [0, 0.05) is 16.1 Å². The van der Waals surface area contributed by atoms with E-state index in [9.17, 15) is 4.79 Å². The van der Waals surface area contributed by atoms with Crippen molar-refractivity contribution in [2.24, 2.45) is 0 Å². The Balaban J connectivity index is 1.75. The highest BCUT2D eigenvalue weighted by Gasteiger charge is 2.13. The topological polar surface area (TPSA) is 64.1 Å². The van der Waals surface area contributed by atoms with Crippen molar-refractivity contribution in [1.29, 1.82) is 0 Å². The zero-order valence-electron chi connectivity index (χ0n) is 12.4. The standard InChI is InChI=1S/C16H11Cl2N3O2S/c1-23-13-7-4-10(8-12(13)18)14(22)19-16-21-20-15(24-16)9-2-5-11(17)6-3-9/h2-8H,1H3,(H,19,21,22). The number of halogens is 2. The van der Waals surface area contributed by atoms with Crippen LogP contribution < -0.4 is 10.1 Å². The molecule has 2 aromatic carbocycles. The van der Waals surface area contributed by atoms with Crippen LogP contribution in [0.4, 0.5) is 5.13 Å². The third-order valence-electron chi connectivity index (χ3n) is 3.15. The first-order valence-corrected chi connectivity index (χ1v) is 8.38. The predicted octanol–water partition coefficient (Wildman–Crippen LogP) is 4.77. The van der Waals surface area contributed by atoms with Gasteiger partial charge in [0.15, 0.2) is 0 Å². The van der Waals surface area contributed by atoms with Crippen molar-refractivity contribution in [3.05, 3.63) is 58.1 Å². The molecule has 0 fully saturated rings. The van der Waals surface area contributed by atoms with Crippen molar-refractivity contribution in [3.8, 4) is 16.3 Å². The average molecular weight is 380 g/mol. The molecule has 0 spiro atoms. The summed E-state index contributed by atoms with van der Waals surface area (Å²) in [4.78, 5) is 12.3. The summed E-state index contributed by atoms with van der Waals surface area (Å²) in [5.41, 5.74) is 1.29. The maximum absolute atomic E-state index is 12.3. The summed E-state index contributed by atoms with van der Waals surface area (Å²) < 4.78 is 5.07. The van der Waals surface area contributed by atoms with E-state index in [4.69, 9.17) is 27.9 Å². The molecule has 0 aliphatic rings. The van der Waals surface area contributed by atoms with Crippen molar-refractivity contribution in [2.75, 3.05) is 12.4 Å². The van der Waals surface area contributed by atoms with E-state index in [1.54, 1.807) is 24.3 Å². The van der Waals surface area contributed by atoms with Crippen LogP contribution in [-0.2, 0) is 0 Å².